The molecule has 3 rings (SSSR count). The maximum absolute atomic E-state index is 12.9. The highest BCUT2D eigenvalue weighted by atomic mass is 32.2. The molecule has 0 saturated heterocycles. The second kappa shape index (κ2) is 10.8. The molecule has 0 aliphatic heterocycles. The molecule has 1 aromatic heterocycles. The van der Waals surface area contributed by atoms with E-state index in [1.807, 2.05) is 80.1 Å². The lowest BCUT2D eigenvalue weighted by atomic mass is 10.2. The lowest BCUT2D eigenvalue weighted by Gasteiger charge is -2.22. The van der Waals surface area contributed by atoms with Gasteiger partial charge in [0, 0.05) is 24.6 Å². The van der Waals surface area contributed by atoms with Crippen LogP contribution >= 0.6 is 11.8 Å². The molecule has 162 valence electrons. The quantitative estimate of drug-likeness (QED) is 0.503. The van der Waals surface area contributed by atoms with Crippen LogP contribution in [-0.4, -0.2) is 45.1 Å². The number of thioether (sulfide) groups is 1. The van der Waals surface area contributed by atoms with Gasteiger partial charge in [-0.05, 0) is 43.5 Å². The maximum Gasteiger partial charge on any atom is 0.244 e. The van der Waals surface area contributed by atoms with E-state index in [2.05, 4.69) is 10.3 Å². The van der Waals surface area contributed by atoms with Gasteiger partial charge >= 0.3 is 0 Å². The van der Waals surface area contributed by atoms with Crippen LogP contribution in [0, 0.1) is 13.8 Å². The summed E-state index contributed by atoms with van der Waals surface area (Å²) >= 11 is 1.38. The van der Waals surface area contributed by atoms with Crippen LogP contribution in [0.15, 0.2) is 66.1 Å². The molecule has 6 nitrogen and oxygen atoms in total. The molecule has 0 atom stereocenters. The van der Waals surface area contributed by atoms with Crippen molar-refractivity contribution in [1.29, 1.82) is 0 Å². The van der Waals surface area contributed by atoms with Crippen LogP contribution < -0.4 is 5.32 Å². The zero-order valence-electron chi connectivity index (χ0n) is 18.2. The number of benzene rings is 2. The molecule has 3 aromatic rings. The zero-order chi connectivity index (χ0) is 22.2. The highest BCUT2D eigenvalue weighted by molar-refractivity contribution is 7.99. The van der Waals surface area contributed by atoms with Crippen LogP contribution in [0.3, 0.4) is 0 Å². The average molecular weight is 437 g/mol. The molecule has 2 amide bonds. The van der Waals surface area contributed by atoms with E-state index in [4.69, 9.17) is 0 Å². The molecule has 7 heteroatoms. The van der Waals surface area contributed by atoms with Gasteiger partial charge in [-0.2, -0.15) is 0 Å². The first kappa shape index (κ1) is 22.6. The number of hydrogen-bond donors (Lipinski definition) is 1. The number of nitrogens with zero attached hydrogens (tertiary/aromatic N) is 3. The van der Waals surface area contributed by atoms with Gasteiger partial charge in [-0.15, -0.1) is 0 Å². The smallest absolute Gasteiger partial charge is 0.244 e. The van der Waals surface area contributed by atoms with Crippen LogP contribution in [-0.2, 0) is 9.59 Å². The number of imidazole rings is 1. The molecule has 0 spiro atoms. The first-order valence-corrected chi connectivity index (χ1v) is 11.3. The third-order valence-corrected chi connectivity index (χ3v) is 5.86. The van der Waals surface area contributed by atoms with E-state index in [1.165, 1.54) is 11.8 Å². The number of amides is 2. The average Bonchev–Trinajstić information content (AvgIpc) is 3.22. The Kier molecular flexibility index (Phi) is 7.89. The fourth-order valence-corrected chi connectivity index (χ4v) is 4.14. The Morgan fingerprint density at radius 1 is 1.06 bits per heavy atom. The molecular weight excluding hydrogens is 408 g/mol. The summed E-state index contributed by atoms with van der Waals surface area (Å²) in [6, 6.07) is 15.7. The molecule has 0 radical (unpaired) electrons. The Bertz CT molecular complexity index is 1050. The largest absolute Gasteiger partial charge is 0.333 e. The van der Waals surface area contributed by atoms with Crippen LogP contribution in [0.25, 0.3) is 5.69 Å². The summed E-state index contributed by atoms with van der Waals surface area (Å²) < 4.78 is 1.99. The highest BCUT2D eigenvalue weighted by Gasteiger charge is 2.18. The Morgan fingerprint density at radius 3 is 2.48 bits per heavy atom. The normalized spacial score (nSPS) is 10.7. The van der Waals surface area contributed by atoms with Crippen LogP contribution in [0.4, 0.5) is 5.69 Å². The van der Waals surface area contributed by atoms with E-state index >= 15 is 0 Å². The van der Waals surface area contributed by atoms with Gasteiger partial charge in [0.1, 0.15) is 0 Å². The van der Waals surface area contributed by atoms with Crippen LogP contribution in [0.5, 0.6) is 0 Å². The van der Waals surface area contributed by atoms with Gasteiger partial charge in [-0.25, -0.2) is 4.98 Å². The van der Waals surface area contributed by atoms with Gasteiger partial charge in [0.05, 0.1) is 18.0 Å². The molecule has 2 aromatic carbocycles. The van der Waals surface area contributed by atoms with Crippen molar-refractivity contribution in [3.8, 4) is 5.69 Å². The van der Waals surface area contributed by atoms with Crippen molar-refractivity contribution in [2.75, 3.05) is 24.2 Å². The molecular formula is C24H28N4O2S. The van der Waals surface area contributed by atoms with Crippen molar-refractivity contribution in [1.82, 2.24) is 14.5 Å². The van der Waals surface area contributed by atoms with Gasteiger partial charge in [0.15, 0.2) is 5.16 Å². The Morgan fingerprint density at radius 2 is 1.77 bits per heavy atom. The predicted octanol–water partition coefficient (Wildman–Crippen LogP) is 4.46. The van der Waals surface area contributed by atoms with Crippen molar-refractivity contribution < 1.29 is 9.59 Å². The summed E-state index contributed by atoms with van der Waals surface area (Å²) in [5.74, 6) is -0.0470. The Labute approximate surface area is 187 Å². The maximum atomic E-state index is 12.9. The van der Waals surface area contributed by atoms with Gasteiger partial charge < -0.3 is 10.2 Å². The number of para-hydroxylation sites is 2. The van der Waals surface area contributed by atoms with Gasteiger partial charge in [-0.1, -0.05) is 55.1 Å². The summed E-state index contributed by atoms with van der Waals surface area (Å²) in [5.41, 5.74) is 3.93. The summed E-state index contributed by atoms with van der Waals surface area (Å²) in [4.78, 5) is 31.4. The van der Waals surface area contributed by atoms with Crippen LogP contribution in [0.1, 0.15) is 24.5 Å². The molecule has 0 bridgehead atoms. The number of aryl methyl sites for hydroxylation is 2. The minimum absolute atomic E-state index is 0.0355. The summed E-state index contributed by atoms with van der Waals surface area (Å²) in [5, 5.41) is 3.66. The van der Waals surface area contributed by atoms with Crippen molar-refractivity contribution in [2.24, 2.45) is 0 Å². The van der Waals surface area contributed by atoms with Gasteiger partial charge in [-0.3, -0.25) is 14.2 Å². The minimum atomic E-state index is -0.192. The van der Waals surface area contributed by atoms with Crippen LogP contribution in [0.2, 0.25) is 0 Å². The fraction of sp³-hybridized carbons (Fsp3) is 0.292. The number of carbonyl (C=O) groups excluding carboxylic acids is 2. The number of hydrogen-bond acceptors (Lipinski definition) is 4. The highest BCUT2D eigenvalue weighted by Crippen LogP contribution is 2.23. The summed E-state index contributed by atoms with van der Waals surface area (Å²) in [6.07, 6.45) is 4.42. The molecule has 0 unspecified atom stereocenters. The predicted molar refractivity (Wildman–Crippen MR) is 126 cm³/mol. The number of anilines is 1. The summed E-state index contributed by atoms with van der Waals surface area (Å²) in [6.45, 7) is 6.56. The second-order valence-corrected chi connectivity index (χ2v) is 8.28. The molecule has 0 saturated carbocycles. The zero-order valence-corrected chi connectivity index (χ0v) is 19.0. The first-order valence-electron chi connectivity index (χ1n) is 10.3. The molecule has 0 aliphatic carbocycles. The van der Waals surface area contributed by atoms with E-state index in [-0.39, 0.29) is 24.1 Å². The first-order chi connectivity index (χ1) is 15.0. The van der Waals surface area contributed by atoms with E-state index in [0.717, 1.165) is 34.1 Å². The second-order valence-electron chi connectivity index (χ2n) is 7.33. The number of aromatic nitrogens is 2. The standard InChI is InChI=1S/C24H28N4O2S/c1-4-14-27(16-22(29)26-20-11-7-5-9-18(20)2)23(30)17-31-24-25-13-15-28(24)21-12-8-6-10-19(21)3/h5-13,15H,4,14,16-17H2,1-3H3,(H,26,29). The molecule has 1 N–H and O–H groups in total. The fourth-order valence-electron chi connectivity index (χ4n) is 3.27. The van der Waals surface area contributed by atoms with Crippen molar-refractivity contribution in [3.05, 3.63) is 72.1 Å². The number of rotatable bonds is 9. The van der Waals surface area contributed by atoms with E-state index in [9.17, 15) is 9.59 Å². The lowest BCUT2D eigenvalue weighted by molar-refractivity contribution is -0.132. The monoisotopic (exact) mass is 436 g/mol. The van der Waals surface area contributed by atoms with Crippen molar-refractivity contribution in [3.63, 3.8) is 0 Å². The molecule has 0 fully saturated rings. The number of nitrogens with one attached hydrogen (secondary N) is 1. The topological polar surface area (TPSA) is 67.2 Å². The Hall–Kier alpha value is -3.06. The molecule has 31 heavy (non-hydrogen) atoms. The van der Waals surface area contributed by atoms with E-state index in [1.54, 1.807) is 11.1 Å². The third-order valence-electron chi connectivity index (χ3n) is 4.91. The van der Waals surface area contributed by atoms with Crippen molar-refractivity contribution >= 4 is 29.3 Å². The molecule has 0 aliphatic rings. The van der Waals surface area contributed by atoms with Gasteiger partial charge in [0.2, 0.25) is 11.8 Å². The Balaban J connectivity index is 1.63. The summed E-state index contributed by atoms with van der Waals surface area (Å²) in [7, 11) is 0. The molecule has 1 heterocycles. The SMILES string of the molecule is CCCN(CC(=O)Nc1ccccc1C)C(=O)CSc1nccn1-c1ccccc1C. The lowest BCUT2D eigenvalue weighted by Crippen LogP contribution is -2.39. The number of carbonyl (C=O) groups is 2. The van der Waals surface area contributed by atoms with Crippen molar-refractivity contribution in [2.45, 2.75) is 32.3 Å². The minimum Gasteiger partial charge on any atom is -0.333 e. The van der Waals surface area contributed by atoms with E-state index < -0.39 is 0 Å². The van der Waals surface area contributed by atoms with E-state index in [0.29, 0.717) is 6.54 Å². The van der Waals surface area contributed by atoms with Gasteiger partial charge in [0.25, 0.3) is 0 Å². The third kappa shape index (κ3) is 5.98.